The van der Waals surface area contributed by atoms with Gasteiger partial charge in [-0.2, -0.15) is 0 Å². The van der Waals surface area contributed by atoms with Crippen LogP contribution in [0.25, 0.3) is 5.31 Å². The Bertz CT molecular complexity index is 492. The van der Waals surface area contributed by atoms with Gasteiger partial charge in [0.15, 0.2) is 5.78 Å². The Hall–Kier alpha value is -1.34. The van der Waals surface area contributed by atoms with Crippen LogP contribution < -0.4 is 0 Å². The SMILES string of the molecule is C=C(/C=C(\PC)c1ccc(F)cc1F)C(C)=O. The lowest BCUT2D eigenvalue weighted by Crippen LogP contribution is -1.93. The normalized spacial score (nSPS) is 12.1. The number of allylic oxidation sites excluding steroid dienone is 2. The highest BCUT2D eigenvalue weighted by atomic mass is 31.1. The van der Waals surface area contributed by atoms with Gasteiger partial charge < -0.3 is 0 Å². The zero-order chi connectivity index (χ0) is 13.0. The van der Waals surface area contributed by atoms with Crippen LogP contribution in [-0.4, -0.2) is 12.4 Å². The van der Waals surface area contributed by atoms with Crippen molar-refractivity contribution >= 4 is 19.7 Å². The van der Waals surface area contributed by atoms with Gasteiger partial charge in [0, 0.05) is 17.2 Å². The van der Waals surface area contributed by atoms with E-state index in [2.05, 4.69) is 6.58 Å². The standard InChI is InChI=1S/C13H13F2OP/c1-8(9(2)16)6-13(17-3)11-5-4-10(14)7-12(11)15/h4-7,17H,1H2,2-3H3/b13-6-. The highest BCUT2D eigenvalue weighted by molar-refractivity contribution is 7.49. The molecular formula is C13H13F2OP. The van der Waals surface area contributed by atoms with Gasteiger partial charge in [0.25, 0.3) is 0 Å². The van der Waals surface area contributed by atoms with Crippen LogP contribution in [0.15, 0.2) is 36.4 Å². The fraction of sp³-hybridized carbons (Fsp3) is 0.154. The molecule has 1 aromatic rings. The molecule has 1 rings (SSSR count). The van der Waals surface area contributed by atoms with Crippen molar-refractivity contribution in [3.63, 3.8) is 0 Å². The van der Waals surface area contributed by atoms with Gasteiger partial charge in [-0.25, -0.2) is 8.78 Å². The van der Waals surface area contributed by atoms with E-state index in [1.54, 1.807) is 6.08 Å². The van der Waals surface area contributed by atoms with Gasteiger partial charge in [-0.1, -0.05) is 15.2 Å². The Kier molecular flexibility index (Phi) is 4.71. The topological polar surface area (TPSA) is 17.1 Å². The molecule has 1 unspecified atom stereocenters. The fourth-order valence-electron chi connectivity index (χ4n) is 1.27. The summed E-state index contributed by atoms with van der Waals surface area (Å²) >= 11 is 0. The lowest BCUT2D eigenvalue weighted by molar-refractivity contribution is -0.113. The average Bonchev–Trinajstić information content (AvgIpc) is 2.26. The monoisotopic (exact) mass is 254 g/mol. The second-order valence-corrected chi connectivity index (χ2v) is 4.55. The minimum Gasteiger partial charge on any atom is -0.295 e. The molecule has 0 fully saturated rings. The first kappa shape index (κ1) is 13.7. The third-order valence-corrected chi connectivity index (χ3v) is 3.21. The quantitative estimate of drug-likeness (QED) is 0.454. The number of Topliss-reactive ketones (excluding diaryl/α,β-unsaturated/α-hetero) is 1. The number of hydrogen-bond acceptors (Lipinski definition) is 1. The highest BCUT2D eigenvalue weighted by Gasteiger charge is 2.09. The van der Waals surface area contributed by atoms with Crippen molar-refractivity contribution in [2.45, 2.75) is 6.92 Å². The van der Waals surface area contributed by atoms with Gasteiger partial charge >= 0.3 is 0 Å². The van der Waals surface area contributed by atoms with E-state index < -0.39 is 11.6 Å². The van der Waals surface area contributed by atoms with Crippen LogP contribution in [0.4, 0.5) is 8.78 Å². The molecule has 0 N–H and O–H groups in total. The molecule has 0 aliphatic rings. The summed E-state index contributed by atoms with van der Waals surface area (Å²) in [6, 6.07) is 3.41. The Morgan fingerprint density at radius 3 is 2.53 bits per heavy atom. The molecule has 0 aromatic heterocycles. The predicted molar refractivity (Wildman–Crippen MR) is 68.4 cm³/mol. The molecule has 0 radical (unpaired) electrons. The summed E-state index contributed by atoms with van der Waals surface area (Å²) in [5.41, 5.74) is 0.632. The number of hydrogen-bond donors (Lipinski definition) is 0. The summed E-state index contributed by atoms with van der Waals surface area (Å²) in [4.78, 5) is 11.1. The van der Waals surface area contributed by atoms with Crippen LogP contribution in [0.3, 0.4) is 0 Å². The molecule has 17 heavy (non-hydrogen) atoms. The van der Waals surface area contributed by atoms with Crippen LogP contribution in [0.5, 0.6) is 0 Å². The molecule has 1 nitrogen and oxygen atoms in total. The van der Waals surface area contributed by atoms with E-state index in [0.29, 0.717) is 25.0 Å². The molecule has 1 aromatic carbocycles. The van der Waals surface area contributed by atoms with Crippen molar-refractivity contribution in [3.8, 4) is 0 Å². The number of ketones is 1. The van der Waals surface area contributed by atoms with Crippen LogP contribution in [0.1, 0.15) is 12.5 Å². The van der Waals surface area contributed by atoms with Crippen molar-refractivity contribution in [2.75, 3.05) is 6.66 Å². The Morgan fingerprint density at radius 2 is 2.06 bits per heavy atom. The lowest BCUT2D eigenvalue weighted by Gasteiger charge is -2.07. The van der Waals surface area contributed by atoms with Gasteiger partial charge in [-0.3, -0.25) is 4.79 Å². The van der Waals surface area contributed by atoms with Crippen LogP contribution in [0.2, 0.25) is 0 Å². The molecule has 0 aliphatic carbocycles. The first-order valence-electron chi connectivity index (χ1n) is 5.00. The molecule has 0 bridgehead atoms. The summed E-state index contributed by atoms with van der Waals surface area (Å²) in [7, 11) is 0.291. The summed E-state index contributed by atoms with van der Waals surface area (Å²) in [6.07, 6.45) is 1.55. The van der Waals surface area contributed by atoms with Gasteiger partial charge in [-0.05, 0) is 37.1 Å². The Labute approximate surface area is 101 Å². The van der Waals surface area contributed by atoms with E-state index in [1.807, 2.05) is 6.66 Å². The van der Waals surface area contributed by atoms with Crippen molar-refractivity contribution in [2.24, 2.45) is 0 Å². The number of carbonyl (C=O) groups excluding carboxylic acids is 1. The zero-order valence-corrected chi connectivity index (χ0v) is 10.7. The molecule has 0 spiro atoms. The second-order valence-electron chi connectivity index (χ2n) is 3.51. The van der Waals surface area contributed by atoms with Crippen molar-refractivity contribution in [1.82, 2.24) is 0 Å². The van der Waals surface area contributed by atoms with Gasteiger partial charge in [0.1, 0.15) is 11.6 Å². The summed E-state index contributed by atoms with van der Waals surface area (Å²) in [5, 5.41) is 0.655. The van der Waals surface area contributed by atoms with Gasteiger partial charge in [0.2, 0.25) is 0 Å². The van der Waals surface area contributed by atoms with E-state index in [1.165, 1.54) is 19.1 Å². The van der Waals surface area contributed by atoms with E-state index in [-0.39, 0.29) is 5.78 Å². The average molecular weight is 254 g/mol. The smallest absolute Gasteiger partial charge is 0.159 e. The predicted octanol–water partition coefficient (Wildman–Crippen LogP) is 3.76. The summed E-state index contributed by atoms with van der Waals surface area (Å²) in [6.45, 7) is 6.86. The molecule has 90 valence electrons. The molecular weight excluding hydrogens is 241 g/mol. The number of carbonyl (C=O) groups is 1. The van der Waals surface area contributed by atoms with E-state index in [9.17, 15) is 13.6 Å². The minimum atomic E-state index is -0.623. The molecule has 0 saturated carbocycles. The molecule has 0 saturated heterocycles. The Balaban J connectivity index is 3.18. The maximum Gasteiger partial charge on any atom is 0.159 e. The van der Waals surface area contributed by atoms with Crippen molar-refractivity contribution in [3.05, 3.63) is 53.6 Å². The first-order valence-corrected chi connectivity index (χ1v) is 6.50. The van der Waals surface area contributed by atoms with Crippen LogP contribution >= 0.6 is 8.58 Å². The molecule has 1 atom stereocenters. The van der Waals surface area contributed by atoms with Crippen LogP contribution in [-0.2, 0) is 4.79 Å². The highest BCUT2D eigenvalue weighted by Crippen LogP contribution is 2.33. The molecule has 0 aliphatic heterocycles. The lowest BCUT2D eigenvalue weighted by atomic mass is 10.1. The third-order valence-electron chi connectivity index (χ3n) is 2.26. The zero-order valence-electron chi connectivity index (χ0n) is 9.68. The van der Waals surface area contributed by atoms with Gasteiger partial charge in [-0.15, -0.1) is 0 Å². The number of halogens is 2. The Morgan fingerprint density at radius 1 is 1.41 bits per heavy atom. The summed E-state index contributed by atoms with van der Waals surface area (Å²) in [5.74, 6) is -1.40. The van der Waals surface area contributed by atoms with E-state index in [4.69, 9.17) is 0 Å². The summed E-state index contributed by atoms with van der Waals surface area (Å²) < 4.78 is 26.3. The second kappa shape index (κ2) is 5.83. The largest absolute Gasteiger partial charge is 0.295 e. The fourth-order valence-corrected chi connectivity index (χ4v) is 2.06. The maximum absolute atomic E-state index is 13.5. The molecule has 4 heteroatoms. The molecule has 0 heterocycles. The van der Waals surface area contributed by atoms with Gasteiger partial charge in [0.05, 0.1) is 0 Å². The third kappa shape index (κ3) is 3.57. The molecule has 0 amide bonds. The number of rotatable bonds is 4. The first-order chi connectivity index (χ1) is 7.95. The minimum absolute atomic E-state index is 0.164. The number of benzene rings is 1. The van der Waals surface area contributed by atoms with E-state index >= 15 is 0 Å². The maximum atomic E-state index is 13.5. The van der Waals surface area contributed by atoms with E-state index in [0.717, 1.165) is 6.07 Å². The van der Waals surface area contributed by atoms with Crippen molar-refractivity contribution in [1.29, 1.82) is 0 Å². The van der Waals surface area contributed by atoms with Crippen LogP contribution in [0, 0.1) is 11.6 Å². The van der Waals surface area contributed by atoms with Crippen molar-refractivity contribution < 1.29 is 13.6 Å².